The number of rotatable bonds is 8. The number of fused-ring (bicyclic) bond motifs is 3. The molecule has 11 heteroatoms. The molecule has 5 rings (SSSR count). The molecule has 1 aliphatic rings. The number of hydrogen-bond acceptors (Lipinski definition) is 8. The van der Waals surface area contributed by atoms with E-state index in [1.807, 2.05) is 32.2 Å². The molecule has 2 aromatic heterocycles. The molecule has 3 heterocycles. The Labute approximate surface area is 264 Å². The van der Waals surface area contributed by atoms with Crippen molar-refractivity contribution in [3.8, 4) is 27.3 Å². The molecule has 0 aliphatic carbocycles. The molecule has 4 N–H and O–H groups in total. The number of carbonyl (C=O) groups excluding carboxylic acids is 3. The van der Waals surface area contributed by atoms with E-state index in [4.69, 9.17) is 26.8 Å². The van der Waals surface area contributed by atoms with E-state index in [9.17, 15) is 14.4 Å². The van der Waals surface area contributed by atoms with E-state index < -0.39 is 17.8 Å². The molecular weight excluding hydrogens is 600 g/mol. The number of thiophene rings is 1. The van der Waals surface area contributed by atoms with Crippen molar-refractivity contribution in [1.82, 2.24) is 10.3 Å². The summed E-state index contributed by atoms with van der Waals surface area (Å²) in [6, 6.07) is 12.3. The van der Waals surface area contributed by atoms with Gasteiger partial charge in [-0.1, -0.05) is 24.6 Å². The molecule has 44 heavy (non-hydrogen) atoms. The van der Waals surface area contributed by atoms with Crippen LogP contribution in [0.25, 0.3) is 21.6 Å². The van der Waals surface area contributed by atoms with E-state index in [-0.39, 0.29) is 23.1 Å². The molecule has 0 radical (unpaired) electrons. The van der Waals surface area contributed by atoms with E-state index >= 15 is 0 Å². The minimum Gasteiger partial charge on any atom is -0.490 e. The highest BCUT2D eigenvalue weighted by Gasteiger charge is 2.28. The van der Waals surface area contributed by atoms with Gasteiger partial charge in [-0.3, -0.25) is 9.59 Å². The second-order valence-corrected chi connectivity index (χ2v) is 11.9. The van der Waals surface area contributed by atoms with E-state index in [2.05, 4.69) is 21.7 Å². The summed E-state index contributed by atoms with van der Waals surface area (Å²) in [5.41, 5.74) is 10.6. The van der Waals surface area contributed by atoms with Gasteiger partial charge in [0.05, 0.1) is 17.8 Å². The summed E-state index contributed by atoms with van der Waals surface area (Å²) >= 11 is 8.14. The molecule has 4 aromatic rings. The lowest BCUT2D eigenvalue weighted by molar-refractivity contribution is 0.0594. The van der Waals surface area contributed by atoms with Crippen molar-refractivity contribution in [3.63, 3.8) is 0 Å². The van der Waals surface area contributed by atoms with Gasteiger partial charge < -0.3 is 25.8 Å². The van der Waals surface area contributed by atoms with Gasteiger partial charge >= 0.3 is 5.97 Å². The van der Waals surface area contributed by atoms with Crippen molar-refractivity contribution in [2.45, 2.75) is 46.3 Å². The van der Waals surface area contributed by atoms with Gasteiger partial charge in [-0.25, -0.2) is 9.78 Å². The number of ether oxygens (including phenoxy) is 2. The largest absolute Gasteiger partial charge is 0.490 e. The van der Waals surface area contributed by atoms with Crippen LogP contribution in [0.15, 0.2) is 47.8 Å². The van der Waals surface area contributed by atoms with Crippen LogP contribution in [0.5, 0.6) is 5.75 Å². The SMILES string of the molecule is CCCNC(=O)c1ccc(-c2cc3c(cc2C(=O)Nc2c(C)cc(CN)cc2Cl)-c2sccc2C[C@H](C)O3)c(C(=O)OC)n1. The fourth-order valence-corrected chi connectivity index (χ4v) is 6.52. The average Bonchev–Trinajstić information content (AvgIpc) is 3.42. The molecule has 2 aromatic carbocycles. The molecule has 0 saturated heterocycles. The van der Waals surface area contributed by atoms with Gasteiger partial charge in [0.2, 0.25) is 0 Å². The summed E-state index contributed by atoms with van der Waals surface area (Å²) in [5, 5.41) is 8.11. The van der Waals surface area contributed by atoms with Gasteiger partial charge in [0, 0.05) is 46.6 Å². The van der Waals surface area contributed by atoms with Crippen molar-refractivity contribution < 1.29 is 23.9 Å². The Morgan fingerprint density at radius 3 is 2.61 bits per heavy atom. The number of halogens is 1. The van der Waals surface area contributed by atoms with Gasteiger partial charge in [-0.2, -0.15) is 0 Å². The van der Waals surface area contributed by atoms with Crippen LogP contribution in [0.2, 0.25) is 5.02 Å². The zero-order valence-electron chi connectivity index (χ0n) is 24.9. The number of nitrogens with two attached hydrogens (primary N) is 1. The second-order valence-electron chi connectivity index (χ2n) is 10.6. The number of benzene rings is 2. The maximum atomic E-state index is 14.2. The third kappa shape index (κ3) is 6.19. The molecular formula is C33H33ClN4O5S. The van der Waals surface area contributed by atoms with E-state index in [0.29, 0.717) is 47.1 Å². The number of amides is 2. The van der Waals surface area contributed by atoms with Gasteiger partial charge in [-0.05, 0) is 78.7 Å². The second kappa shape index (κ2) is 13.2. The molecule has 2 amide bonds. The van der Waals surface area contributed by atoms with Crippen molar-refractivity contribution in [2.24, 2.45) is 5.73 Å². The van der Waals surface area contributed by atoms with Crippen molar-refractivity contribution in [3.05, 3.63) is 86.5 Å². The number of nitrogens with one attached hydrogen (secondary N) is 2. The highest BCUT2D eigenvalue weighted by Crippen LogP contribution is 2.44. The Bertz CT molecular complexity index is 1750. The summed E-state index contributed by atoms with van der Waals surface area (Å²) in [5.74, 6) is -1.06. The van der Waals surface area contributed by atoms with E-state index in [0.717, 1.165) is 33.6 Å². The number of anilines is 1. The molecule has 0 bridgehead atoms. The lowest BCUT2D eigenvalue weighted by atomic mass is 9.93. The number of aromatic nitrogens is 1. The number of nitrogens with zero attached hydrogens (tertiary/aromatic N) is 1. The predicted molar refractivity (Wildman–Crippen MR) is 173 cm³/mol. The molecule has 0 spiro atoms. The maximum Gasteiger partial charge on any atom is 0.357 e. The molecule has 1 atom stereocenters. The topological polar surface area (TPSA) is 133 Å². The van der Waals surface area contributed by atoms with Crippen molar-refractivity contribution in [1.29, 1.82) is 0 Å². The van der Waals surface area contributed by atoms with Crippen LogP contribution in [0.3, 0.4) is 0 Å². The maximum absolute atomic E-state index is 14.2. The third-order valence-corrected chi connectivity index (χ3v) is 8.63. The summed E-state index contributed by atoms with van der Waals surface area (Å²) in [7, 11) is 1.24. The average molecular weight is 633 g/mol. The lowest BCUT2D eigenvalue weighted by Gasteiger charge is -2.19. The van der Waals surface area contributed by atoms with Gasteiger partial charge in [0.1, 0.15) is 17.5 Å². The van der Waals surface area contributed by atoms with Gasteiger partial charge in [-0.15, -0.1) is 11.3 Å². The van der Waals surface area contributed by atoms with Crippen LogP contribution in [0.1, 0.15) is 68.3 Å². The van der Waals surface area contributed by atoms with Crippen LogP contribution in [-0.2, 0) is 17.7 Å². The summed E-state index contributed by atoms with van der Waals surface area (Å²) in [4.78, 5) is 45.4. The van der Waals surface area contributed by atoms with E-state index in [1.165, 1.54) is 13.2 Å². The molecule has 9 nitrogen and oxygen atoms in total. The number of hydrogen-bond donors (Lipinski definition) is 3. The van der Waals surface area contributed by atoms with Crippen LogP contribution in [0, 0.1) is 6.92 Å². The van der Waals surface area contributed by atoms with Crippen LogP contribution in [-0.4, -0.2) is 42.5 Å². The first-order chi connectivity index (χ1) is 21.1. The summed E-state index contributed by atoms with van der Waals surface area (Å²) in [6.45, 7) is 6.52. The molecule has 0 saturated carbocycles. The first-order valence-corrected chi connectivity index (χ1v) is 15.5. The highest BCUT2D eigenvalue weighted by atomic mass is 35.5. The Balaban J connectivity index is 1.71. The van der Waals surface area contributed by atoms with Gasteiger partial charge in [0.15, 0.2) is 5.69 Å². The molecule has 1 aliphatic heterocycles. The normalized spacial score (nSPS) is 13.6. The smallest absolute Gasteiger partial charge is 0.357 e. The van der Waals surface area contributed by atoms with Crippen LogP contribution in [0.4, 0.5) is 5.69 Å². The van der Waals surface area contributed by atoms with Crippen molar-refractivity contribution >= 4 is 46.4 Å². The monoisotopic (exact) mass is 632 g/mol. The predicted octanol–water partition coefficient (Wildman–Crippen LogP) is 6.40. The fraction of sp³-hybridized carbons (Fsp3) is 0.273. The van der Waals surface area contributed by atoms with Crippen LogP contribution >= 0.6 is 22.9 Å². The van der Waals surface area contributed by atoms with Crippen LogP contribution < -0.4 is 21.1 Å². The zero-order valence-corrected chi connectivity index (χ0v) is 26.4. The Morgan fingerprint density at radius 1 is 1.11 bits per heavy atom. The minimum absolute atomic E-state index is 0.0545. The van der Waals surface area contributed by atoms with Crippen molar-refractivity contribution in [2.75, 3.05) is 19.0 Å². The standard InChI is InChI=1S/C33H33ClN4O5S/c1-5-9-36-32(40)26-7-6-21(29(37-26)33(41)42-4)22-15-27-24(30-20(8-10-44-30)12-18(3)43-27)14-23(22)31(39)38-28-17(2)11-19(16-35)13-25(28)34/h6-8,10-11,13-15,18H,5,9,12,16,35H2,1-4H3,(H,36,40)(H,38,39)/t18-/m0/s1. The number of carbonyl (C=O) groups is 3. The first-order valence-electron chi connectivity index (χ1n) is 14.2. The molecule has 228 valence electrons. The Hall–Kier alpha value is -4.25. The summed E-state index contributed by atoms with van der Waals surface area (Å²) < 4.78 is 11.4. The molecule has 0 fully saturated rings. The van der Waals surface area contributed by atoms with Gasteiger partial charge in [0.25, 0.3) is 11.8 Å². The number of aryl methyl sites for hydroxylation is 1. The Kier molecular flexibility index (Phi) is 9.33. The lowest BCUT2D eigenvalue weighted by Crippen LogP contribution is -2.26. The fourth-order valence-electron chi connectivity index (χ4n) is 5.22. The quantitative estimate of drug-likeness (QED) is 0.191. The third-order valence-electron chi connectivity index (χ3n) is 7.35. The highest BCUT2D eigenvalue weighted by molar-refractivity contribution is 7.13. The van der Waals surface area contributed by atoms with E-state index in [1.54, 1.807) is 35.6 Å². The zero-order chi connectivity index (χ0) is 31.5. The summed E-state index contributed by atoms with van der Waals surface area (Å²) in [6.07, 6.45) is 1.30. The number of esters is 1. The first kappa shape index (κ1) is 31.2. The molecule has 0 unspecified atom stereocenters. The Morgan fingerprint density at radius 2 is 1.91 bits per heavy atom. The number of pyridine rings is 1. The number of methoxy groups -OCH3 is 1. The minimum atomic E-state index is -0.752.